The van der Waals surface area contributed by atoms with Gasteiger partial charge in [-0.2, -0.15) is 0 Å². The number of carboxylic acids is 1. The number of halogens is 1. The molecule has 0 spiro atoms. The average molecular weight is 277 g/mol. The standard InChI is InChI=1S/C13H9ClN2O3/c14-11-5-4-9(7-15-11)12(17)16-10-3-1-2-8(6-10)13(18)19/h1-7H,(H,16,17)(H,18,19). The predicted octanol–water partition coefficient (Wildman–Crippen LogP) is 2.69. The number of nitrogens with one attached hydrogen (secondary N) is 1. The van der Waals surface area contributed by atoms with E-state index >= 15 is 0 Å². The van der Waals surface area contributed by atoms with E-state index in [2.05, 4.69) is 10.3 Å². The van der Waals surface area contributed by atoms with Crippen LogP contribution in [0.2, 0.25) is 5.15 Å². The fourth-order valence-electron chi connectivity index (χ4n) is 1.44. The smallest absolute Gasteiger partial charge is 0.335 e. The zero-order valence-electron chi connectivity index (χ0n) is 9.63. The van der Waals surface area contributed by atoms with E-state index < -0.39 is 5.97 Å². The molecule has 0 unspecified atom stereocenters. The number of carboxylic acid groups (broad SMARTS) is 1. The molecule has 0 atom stereocenters. The summed E-state index contributed by atoms with van der Waals surface area (Å²) >= 11 is 5.62. The van der Waals surface area contributed by atoms with Crippen molar-refractivity contribution in [3.05, 3.63) is 58.9 Å². The largest absolute Gasteiger partial charge is 0.478 e. The van der Waals surface area contributed by atoms with E-state index in [1.165, 1.54) is 30.5 Å². The number of aromatic nitrogens is 1. The van der Waals surface area contributed by atoms with Crippen LogP contribution in [0.15, 0.2) is 42.6 Å². The molecule has 1 amide bonds. The Kier molecular flexibility index (Phi) is 3.77. The summed E-state index contributed by atoms with van der Waals surface area (Å²) in [6.45, 7) is 0. The van der Waals surface area contributed by atoms with Crippen molar-refractivity contribution in [1.82, 2.24) is 4.98 Å². The van der Waals surface area contributed by atoms with Crippen molar-refractivity contribution in [3.63, 3.8) is 0 Å². The molecule has 2 aromatic rings. The van der Waals surface area contributed by atoms with E-state index in [0.29, 0.717) is 16.4 Å². The third kappa shape index (κ3) is 3.29. The Bertz CT molecular complexity index is 626. The molecule has 96 valence electrons. The molecule has 2 rings (SSSR count). The number of hydrogen-bond donors (Lipinski definition) is 2. The lowest BCUT2D eigenvalue weighted by atomic mass is 10.2. The number of carbonyl (C=O) groups is 2. The summed E-state index contributed by atoms with van der Waals surface area (Å²) in [5, 5.41) is 11.7. The van der Waals surface area contributed by atoms with Gasteiger partial charge in [0.1, 0.15) is 5.15 Å². The SMILES string of the molecule is O=C(O)c1cccc(NC(=O)c2ccc(Cl)nc2)c1. The molecule has 0 bridgehead atoms. The maximum Gasteiger partial charge on any atom is 0.335 e. The number of aromatic carboxylic acids is 1. The molecule has 1 heterocycles. The molecular weight excluding hydrogens is 268 g/mol. The van der Waals surface area contributed by atoms with Crippen LogP contribution in [-0.2, 0) is 0 Å². The summed E-state index contributed by atoms with van der Waals surface area (Å²) in [6, 6.07) is 9.02. The molecule has 1 aromatic heterocycles. The number of benzene rings is 1. The number of carbonyl (C=O) groups excluding carboxylic acids is 1. The maximum absolute atomic E-state index is 11.9. The van der Waals surface area contributed by atoms with Crippen molar-refractivity contribution < 1.29 is 14.7 Å². The minimum absolute atomic E-state index is 0.104. The van der Waals surface area contributed by atoms with Gasteiger partial charge in [0.25, 0.3) is 5.91 Å². The molecule has 0 aliphatic heterocycles. The number of nitrogens with zero attached hydrogens (tertiary/aromatic N) is 1. The van der Waals surface area contributed by atoms with Gasteiger partial charge in [-0.1, -0.05) is 17.7 Å². The predicted molar refractivity (Wildman–Crippen MR) is 70.6 cm³/mol. The highest BCUT2D eigenvalue weighted by molar-refractivity contribution is 6.29. The summed E-state index contributed by atoms with van der Waals surface area (Å²) in [5.74, 6) is -1.43. The van der Waals surface area contributed by atoms with Crippen LogP contribution in [0.1, 0.15) is 20.7 Å². The molecule has 0 aliphatic rings. The molecule has 0 saturated carbocycles. The van der Waals surface area contributed by atoms with Crippen LogP contribution in [0.25, 0.3) is 0 Å². The van der Waals surface area contributed by atoms with Gasteiger partial charge in [-0.15, -0.1) is 0 Å². The third-order valence-electron chi connectivity index (χ3n) is 2.36. The first kappa shape index (κ1) is 13.0. The summed E-state index contributed by atoms with van der Waals surface area (Å²) < 4.78 is 0. The molecule has 0 aliphatic carbocycles. The summed E-state index contributed by atoms with van der Waals surface area (Å²) in [6.07, 6.45) is 1.35. The number of rotatable bonds is 3. The molecule has 0 saturated heterocycles. The second-order valence-corrected chi connectivity index (χ2v) is 4.10. The number of anilines is 1. The highest BCUT2D eigenvalue weighted by Gasteiger charge is 2.08. The fourth-order valence-corrected chi connectivity index (χ4v) is 1.56. The summed E-state index contributed by atoms with van der Waals surface area (Å²) in [7, 11) is 0. The Balaban J connectivity index is 2.17. The Morgan fingerprint density at radius 1 is 1.16 bits per heavy atom. The van der Waals surface area contributed by atoms with Crippen LogP contribution in [0, 0.1) is 0 Å². The van der Waals surface area contributed by atoms with E-state index in [9.17, 15) is 9.59 Å². The van der Waals surface area contributed by atoms with Crippen LogP contribution in [0.4, 0.5) is 5.69 Å². The fraction of sp³-hybridized carbons (Fsp3) is 0. The van der Waals surface area contributed by atoms with Gasteiger partial charge in [0.15, 0.2) is 0 Å². The summed E-state index contributed by atoms with van der Waals surface area (Å²) in [5.41, 5.74) is 0.844. The topological polar surface area (TPSA) is 79.3 Å². The molecule has 1 aromatic carbocycles. The van der Waals surface area contributed by atoms with Crippen molar-refractivity contribution in [2.24, 2.45) is 0 Å². The minimum atomic E-state index is -1.05. The second kappa shape index (κ2) is 5.49. The van der Waals surface area contributed by atoms with Crippen molar-refractivity contribution >= 4 is 29.2 Å². The average Bonchev–Trinajstić information content (AvgIpc) is 2.39. The van der Waals surface area contributed by atoms with Gasteiger partial charge < -0.3 is 10.4 Å². The zero-order valence-corrected chi connectivity index (χ0v) is 10.4. The maximum atomic E-state index is 11.9. The molecular formula is C13H9ClN2O3. The van der Waals surface area contributed by atoms with Gasteiger partial charge in [-0.05, 0) is 30.3 Å². The third-order valence-corrected chi connectivity index (χ3v) is 2.58. The van der Waals surface area contributed by atoms with E-state index in [1.807, 2.05) is 0 Å². The van der Waals surface area contributed by atoms with Crippen molar-refractivity contribution in [2.45, 2.75) is 0 Å². The monoisotopic (exact) mass is 276 g/mol. The van der Waals surface area contributed by atoms with E-state index in [4.69, 9.17) is 16.7 Å². The second-order valence-electron chi connectivity index (χ2n) is 3.71. The van der Waals surface area contributed by atoms with Gasteiger partial charge >= 0.3 is 5.97 Å². The van der Waals surface area contributed by atoms with Gasteiger partial charge in [0, 0.05) is 11.9 Å². The van der Waals surface area contributed by atoms with Crippen molar-refractivity contribution in [1.29, 1.82) is 0 Å². The van der Waals surface area contributed by atoms with E-state index in [1.54, 1.807) is 12.1 Å². The molecule has 19 heavy (non-hydrogen) atoms. The van der Waals surface area contributed by atoms with Gasteiger partial charge in [-0.25, -0.2) is 9.78 Å². The van der Waals surface area contributed by atoms with Crippen LogP contribution in [-0.4, -0.2) is 22.0 Å². The van der Waals surface area contributed by atoms with Crippen LogP contribution in [0.5, 0.6) is 0 Å². The molecule has 0 radical (unpaired) electrons. The van der Waals surface area contributed by atoms with E-state index in [-0.39, 0.29) is 11.5 Å². The van der Waals surface area contributed by atoms with Crippen LogP contribution >= 0.6 is 11.6 Å². The van der Waals surface area contributed by atoms with Crippen molar-refractivity contribution in [2.75, 3.05) is 5.32 Å². The highest BCUT2D eigenvalue weighted by Crippen LogP contribution is 2.13. The first-order valence-electron chi connectivity index (χ1n) is 5.32. The number of amides is 1. The zero-order chi connectivity index (χ0) is 13.8. The first-order chi connectivity index (χ1) is 9.06. The lowest BCUT2D eigenvalue weighted by Crippen LogP contribution is -2.12. The lowest BCUT2D eigenvalue weighted by molar-refractivity contribution is 0.0696. The Morgan fingerprint density at radius 3 is 2.58 bits per heavy atom. The Labute approximate surface area is 113 Å². The minimum Gasteiger partial charge on any atom is -0.478 e. The molecule has 6 heteroatoms. The van der Waals surface area contributed by atoms with Gasteiger partial charge in [0.05, 0.1) is 11.1 Å². The lowest BCUT2D eigenvalue weighted by Gasteiger charge is -2.05. The Hall–Kier alpha value is -2.40. The number of hydrogen-bond acceptors (Lipinski definition) is 3. The normalized spacial score (nSPS) is 9.95. The van der Waals surface area contributed by atoms with E-state index in [0.717, 1.165) is 0 Å². The molecule has 0 fully saturated rings. The molecule has 2 N–H and O–H groups in total. The Morgan fingerprint density at radius 2 is 1.95 bits per heavy atom. The van der Waals surface area contributed by atoms with Gasteiger partial charge in [0.2, 0.25) is 0 Å². The van der Waals surface area contributed by atoms with Crippen LogP contribution < -0.4 is 5.32 Å². The van der Waals surface area contributed by atoms with Crippen molar-refractivity contribution in [3.8, 4) is 0 Å². The summed E-state index contributed by atoms with van der Waals surface area (Å²) in [4.78, 5) is 26.5. The van der Waals surface area contributed by atoms with Crippen LogP contribution in [0.3, 0.4) is 0 Å². The first-order valence-corrected chi connectivity index (χ1v) is 5.70. The number of pyridine rings is 1. The van der Waals surface area contributed by atoms with Gasteiger partial charge in [-0.3, -0.25) is 4.79 Å². The quantitative estimate of drug-likeness (QED) is 0.845. The molecule has 5 nitrogen and oxygen atoms in total. The highest BCUT2D eigenvalue weighted by atomic mass is 35.5.